The average molecular weight is 760 g/mol. The molecule has 0 aliphatic heterocycles. The minimum Gasteiger partial charge on any atom is -0.506 e. The van der Waals surface area contributed by atoms with Crippen LogP contribution in [0.25, 0.3) is 32.3 Å². The Morgan fingerprint density at radius 3 is 1.69 bits per heavy atom. The van der Waals surface area contributed by atoms with Crippen molar-refractivity contribution in [3.05, 3.63) is 134 Å². The average Bonchev–Trinajstić information content (AvgIpc) is 3.10. The normalized spacial score (nSPS) is 11.3. The van der Waals surface area contributed by atoms with Crippen molar-refractivity contribution < 1.29 is 42.7 Å². The van der Waals surface area contributed by atoms with Crippen molar-refractivity contribution in [1.82, 2.24) is 0 Å². The largest absolute Gasteiger partial charge is 0.506 e. The molecule has 0 heterocycles. The van der Waals surface area contributed by atoms with Crippen LogP contribution in [-0.2, 0) is 17.4 Å². The second-order valence-electron chi connectivity index (χ2n) is 13.2. The van der Waals surface area contributed by atoms with Crippen LogP contribution in [0.1, 0.15) is 33.4 Å². The monoisotopic (exact) mass is 759 g/mol. The molecule has 0 saturated carbocycles. The molecule has 54 heavy (non-hydrogen) atoms. The summed E-state index contributed by atoms with van der Waals surface area (Å²) in [5.74, 6) is -0.0767. The summed E-state index contributed by atoms with van der Waals surface area (Å²) in [6, 6.07) is 26.6. The van der Waals surface area contributed by atoms with Gasteiger partial charge in [0, 0.05) is 45.7 Å². The van der Waals surface area contributed by atoms with Crippen molar-refractivity contribution in [2.24, 2.45) is 20.5 Å². The van der Waals surface area contributed by atoms with Gasteiger partial charge < -0.3 is 20.4 Å². The third-order valence-corrected chi connectivity index (χ3v) is 8.99. The van der Waals surface area contributed by atoms with E-state index in [0.29, 0.717) is 22.3 Å². The number of hydrogen-bond donors (Lipinski definition) is 4. The summed E-state index contributed by atoms with van der Waals surface area (Å²) in [6.07, 6.45) is 0. The van der Waals surface area contributed by atoms with Crippen LogP contribution < -0.4 is 0 Å². The first-order valence-corrected chi connectivity index (χ1v) is 16.7. The fraction of sp³-hybridized carbons (Fsp3) is 0.143. The molecule has 7 aromatic carbocycles. The van der Waals surface area contributed by atoms with Gasteiger partial charge in [-0.15, -0.1) is 20.5 Å². The number of nitro benzene ring substituents is 1. The number of phenolic OH excluding ortho intramolecular Hbond substituents is 4. The van der Waals surface area contributed by atoms with Gasteiger partial charge >= 0.3 is 0 Å². The van der Waals surface area contributed by atoms with Crippen LogP contribution in [-0.4, -0.2) is 25.3 Å². The number of phenols is 4. The van der Waals surface area contributed by atoms with Crippen LogP contribution in [0.2, 0.25) is 0 Å². The summed E-state index contributed by atoms with van der Waals surface area (Å²) >= 11 is 0. The Hall–Kier alpha value is -6.35. The van der Waals surface area contributed by atoms with Gasteiger partial charge in [-0.1, -0.05) is 65.2 Å². The molecule has 7 rings (SSSR count). The van der Waals surface area contributed by atoms with Gasteiger partial charge in [0.05, 0.1) is 4.92 Å². The number of benzene rings is 7. The van der Waals surface area contributed by atoms with E-state index in [1.54, 1.807) is 13.0 Å². The molecule has 0 fully saturated rings. The fourth-order valence-electron chi connectivity index (χ4n) is 6.20. The fourth-order valence-corrected chi connectivity index (χ4v) is 6.20. The van der Waals surface area contributed by atoms with Gasteiger partial charge in [0.15, 0.2) is 11.5 Å². The summed E-state index contributed by atoms with van der Waals surface area (Å²) in [4.78, 5) is 10.3. The zero-order valence-electron chi connectivity index (χ0n) is 30.4. The van der Waals surface area contributed by atoms with Gasteiger partial charge in [0.2, 0.25) is 0 Å². The molecule has 0 amide bonds. The molecule has 0 aliphatic rings. The number of aromatic hydroxyl groups is 4. The van der Waals surface area contributed by atoms with Crippen LogP contribution in [0, 0.1) is 51.7 Å². The smallest absolute Gasteiger partial charge is 0.271 e. The SMILES string of the molecule is Cc1ccc2c(O)c(N=Nc3c(O)cc(C)c4cc(C)ccc34)c(C)cc2c1.Cc1ccc2cc(C)c(N=Nc3cc([N+](=O)[O-])ccc3O)c(O)c2c1.[Cr]. The Bertz CT molecular complexity index is 2680. The van der Waals surface area contributed by atoms with Gasteiger partial charge in [-0.2, -0.15) is 0 Å². The minimum absolute atomic E-state index is 0. The van der Waals surface area contributed by atoms with E-state index in [1.165, 1.54) is 12.1 Å². The Morgan fingerprint density at radius 1 is 0.481 bits per heavy atom. The van der Waals surface area contributed by atoms with Gasteiger partial charge in [-0.3, -0.25) is 10.1 Å². The molecule has 0 atom stereocenters. The van der Waals surface area contributed by atoms with Crippen molar-refractivity contribution >= 4 is 60.8 Å². The van der Waals surface area contributed by atoms with E-state index >= 15 is 0 Å². The number of non-ortho nitro benzene ring substituents is 1. The molecule has 11 nitrogen and oxygen atoms in total. The number of aryl methyl sites for hydroxylation is 6. The molecule has 0 bridgehead atoms. The van der Waals surface area contributed by atoms with Gasteiger partial charge in [-0.05, 0) is 105 Å². The number of rotatable bonds is 5. The van der Waals surface area contributed by atoms with Crippen LogP contribution in [0.3, 0.4) is 0 Å². The predicted octanol–water partition coefficient (Wildman–Crippen LogP) is 12.2. The number of nitrogens with zero attached hydrogens (tertiary/aromatic N) is 5. The maximum atomic E-state index is 10.8. The molecule has 0 radical (unpaired) electrons. The van der Waals surface area contributed by atoms with E-state index < -0.39 is 4.92 Å². The van der Waals surface area contributed by atoms with Crippen LogP contribution in [0.4, 0.5) is 28.4 Å². The topological polar surface area (TPSA) is 174 Å². The molecule has 272 valence electrons. The zero-order chi connectivity index (χ0) is 38.1. The first-order valence-electron chi connectivity index (χ1n) is 16.7. The molecule has 7 aromatic rings. The summed E-state index contributed by atoms with van der Waals surface area (Å²) in [6.45, 7) is 11.6. The van der Waals surface area contributed by atoms with Crippen molar-refractivity contribution in [2.75, 3.05) is 0 Å². The molecule has 4 N–H and O–H groups in total. The second kappa shape index (κ2) is 15.7. The van der Waals surface area contributed by atoms with Gasteiger partial charge in [-0.25, -0.2) is 0 Å². The Morgan fingerprint density at radius 2 is 1.02 bits per heavy atom. The third-order valence-electron chi connectivity index (χ3n) is 8.99. The van der Waals surface area contributed by atoms with E-state index in [1.807, 2.05) is 95.3 Å². The van der Waals surface area contributed by atoms with Gasteiger partial charge in [0.1, 0.15) is 34.2 Å². The summed E-state index contributed by atoms with van der Waals surface area (Å²) in [5, 5.41) is 74.0. The van der Waals surface area contributed by atoms with Crippen LogP contribution in [0.15, 0.2) is 111 Å². The first-order chi connectivity index (χ1) is 25.2. The summed E-state index contributed by atoms with van der Waals surface area (Å²) in [7, 11) is 0. The predicted molar refractivity (Wildman–Crippen MR) is 208 cm³/mol. The number of hydrogen-bond acceptors (Lipinski definition) is 10. The zero-order valence-corrected chi connectivity index (χ0v) is 31.7. The van der Waals surface area contributed by atoms with Crippen molar-refractivity contribution in [1.29, 1.82) is 0 Å². The molecular weight excluding hydrogens is 722 g/mol. The first kappa shape index (κ1) is 38.9. The Balaban J connectivity index is 0.000000205. The van der Waals surface area contributed by atoms with E-state index in [9.17, 15) is 30.5 Å². The van der Waals surface area contributed by atoms with Crippen LogP contribution in [0.5, 0.6) is 23.0 Å². The van der Waals surface area contributed by atoms with E-state index in [0.717, 1.165) is 60.8 Å². The maximum absolute atomic E-state index is 10.8. The number of fused-ring (bicyclic) bond motifs is 3. The summed E-state index contributed by atoms with van der Waals surface area (Å²) < 4.78 is 0. The maximum Gasteiger partial charge on any atom is 0.271 e. The molecule has 0 saturated heterocycles. The molecule has 0 spiro atoms. The molecule has 0 unspecified atom stereocenters. The second-order valence-corrected chi connectivity index (χ2v) is 13.2. The number of azo groups is 2. The van der Waals surface area contributed by atoms with Crippen molar-refractivity contribution in [3.8, 4) is 23.0 Å². The third kappa shape index (κ3) is 7.85. The standard InChI is InChI=1S/C24H22N2O2.C18H15N3O4.Cr/c1-13-5-7-18-17(9-13)11-16(4)22(24(18)28)25-26-23-19-8-6-14(2)10-20(19)15(3)12-21(23)27;1-10-3-4-12-8-11(2)17(18(23)14(12)7-10)20-19-15-9-13(21(24)25)5-6-16(15)22;/h5-12,27-28H,1-4H3;3-9,22-23H,1-2H3;. The quantitative estimate of drug-likeness (QED) is 0.0772. The van der Waals surface area contributed by atoms with E-state index in [4.69, 9.17) is 0 Å². The van der Waals surface area contributed by atoms with Crippen LogP contribution >= 0.6 is 0 Å². The molecule has 0 aliphatic carbocycles. The minimum atomic E-state index is -0.583. The van der Waals surface area contributed by atoms with E-state index in [-0.39, 0.29) is 57.4 Å². The van der Waals surface area contributed by atoms with Crippen molar-refractivity contribution in [2.45, 2.75) is 41.5 Å². The molecule has 12 heteroatoms. The van der Waals surface area contributed by atoms with Crippen molar-refractivity contribution in [3.63, 3.8) is 0 Å². The molecular formula is C42H37CrN5O6. The summed E-state index contributed by atoms with van der Waals surface area (Å²) in [5.41, 5.74) is 6.59. The van der Waals surface area contributed by atoms with Gasteiger partial charge in [0.25, 0.3) is 5.69 Å². The Labute approximate surface area is 321 Å². The molecule has 0 aromatic heterocycles. The Kier molecular flexibility index (Phi) is 11.3. The van der Waals surface area contributed by atoms with E-state index in [2.05, 4.69) is 26.5 Å². The number of nitro groups is 1.